The van der Waals surface area contributed by atoms with E-state index in [1.807, 2.05) is 0 Å². The maximum Gasteiger partial charge on any atom is 0.177 e. The van der Waals surface area contributed by atoms with Crippen LogP contribution in [-0.4, -0.2) is 23.6 Å². The van der Waals surface area contributed by atoms with Crippen LogP contribution in [0.4, 0.5) is 0 Å². The number of ether oxygens (including phenoxy) is 1. The summed E-state index contributed by atoms with van der Waals surface area (Å²) in [7, 11) is 1.42. The molecule has 0 amide bonds. The molecule has 0 unspecified atom stereocenters. The van der Waals surface area contributed by atoms with E-state index in [-0.39, 0.29) is 16.5 Å². The van der Waals surface area contributed by atoms with Crippen LogP contribution >= 0.6 is 11.6 Å². The molecule has 5 heteroatoms. The van der Waals surface area contributed by atoms with Crippen molar-refractivity contribution in [2.75, 3.05) is 7.11 Å². The molecule has 0 radical (unpaired) electrons. The molecule has 0 aliphatic rings. The third-order valence-electron chi connectivity index (χ3n) is 1.53. The van der Waals surface area contributed by atoms with Gasteiger partial charge < -0.3 is 15.1 Å². The van der Waals surface area contributed by atoms with Gasteiger partial charge in [0.05, 0.1) is 18.3 Å². The Labute approximate surface area is 80.0 Å². The third kappa shape index (κ3) is 1.84. The Morgan fingerprint density at radius 2 is 2.23 bits per heavy atom. The molecular formula is C8H8ClNO3. The lowest BCUT2D eigenvalue weighted by molar-refractivity contribution is 0.322. The Bertz CT molecular complexity index is 338. The monoisotopic (exact) mass is 201 g/mol. The zero-order valence-corrected chi connectivity index (χ0v) is 7.62. The first-order valence-electron chi connectivity index (χ1n) is 3.43. The molecule has 0 aliphatic carbocycles. The van der Waals surface area contributed by atoms with E-state index in [4.69, 9.17) is 21.5 Å². The number of rotatable bonds is 2. The van der Waals surface area contributed by atoms with Gasteiger partial charge in [-0.05, 0) is 12.1 Å². The normalized spacial score (nSPS) is 10.6. The Morgan fingerprint density at radius 3 is 2.77 bits per heavy atom. The number of nitrogens with zero attached hydrogens (tertiary/aromatic N) is 1. The van der Waals surface area contributed by atoms with Crippen molar-refractivity contribution in [1.82, 2.24) is 0 Å². The van der Waals surface area contributed by atoms with E-state index < -0.39 is 0 Å². The lowest BCUT2D eigenvalue weighted by atomic mass is 10.2. The average molecular weight is 202 g/mol. The minimum Gasteiger partial charge on any atom is -0.503 e. The summed E-state index contributed by atoms with van der Waals surface area (Å²) in [4.78, 5) is 0. The minimum absolute atomic E-state index is 0.0946. The Hall–Kier alpha value is -1.42. The molecule has 0 heterocycles. The first-order valence-corrected chi connectivity index (χ1v) is 3.81. The topological polar surface area (TPSA) is 62.0 Å². The summed E-state index contributed by atoms with van der Waals surface area (Å²) < 4.78 is 4.82. The van der Waals surface area contributed by atoms with Crippen molar-refractivity contribution in [2.45, 2.75) is 0 Å². The molecule has 0 aliphatic heterocycles. The highest BCUT2D eigenvalue weighted by molar-refractivity contribution is 6.34. The van der Waals surface area contributed by atoms with E-state index in [1.54, 1.807) is 6.07 Å². The van der Waals surface area contributed by atoms with Crippen molar-refractivity contribution in [3.63, 3.8) is 0 Å². The molecule has 1 aromatic carbocycles. The lowest BCUT2D eigenvalue weighted by Crippen LogP contribution is -1.88. The van der Waals surface area contributed by atoms with Gasteiger partial charge in [0.15, 0.2) is 11.5 Å². The number of benzene rings is 1. The zero-order chi connectivity index (χ0) is 9.84. The smallest absolute Gasteiger partial charge is 0.177 e. The Kier molecular flexibility index (Phi) is 2.97. The summed E-state index contributed by atoms with van der Waals surface area (Å²) >= 11 is 5.72. The summed E-state index contributed by atoms with van der Waals surface area (Å²) in [5, 5.41) is 20.6. The van der Waals surface area contributed by atoms with Gasteiger partial charge in [0.25, 0.3) is 0 Å². The first-order chi connectivity index (χ1) is 6.20. The summed E-state index contributed by atoms with van der Waals surface area (Å²) in [5.41, 5.74) is 0.419. The standard InChI is InChI=1S/C8H8ClNO3/c1-13-6-3-2-5(4-10-12)7(9)8(6)11/h2-4,11-12H,1H3. The van der Waals surface area contributed by atoms with Crippen LogP contribution in [0.25, 0.3) is 0 Å². The fraction of sp³-hybridized carbons (Fsp3) is 0.125. The van der Waals surface area contributed by atoms with Gasteiger partial charge in [0.2, 0.25) is 0 Å². The van der Waals surface area contributed by atoms with Crippen molar-refractivity contribution in [1.29, 1.82) is 0 Å². The number of hydrogen-bond donors (Lipinski definition) is 2. The predicted molar refractivity (Wildman–Crippen MR) is 49.0 cm³/mol. The van der Waals surface area contributed by atoms with Crippen LogP contribution in [0.3, 0.4) is 0 Å². The van der Waals surface area contributed by atoms with Crippen molar-refractivity contribution in [3.8, 4) is 11.5 Å². The van der Waals surface area contributed by atoms with Gasteiger partial charge in [-0.2, -0.15) is 0 Å². The van der Waals surface area contributed by atoms with Crippen molar-refractivity contribution in [2.24, 2.45) is 5.16 Å². The molecule has 0 atom stereocenters. The van der Waals surface area contributed by atoms with E-state index in [9.17, 15) is 5.11 Å². The number of phenolic OH excluding ortho intramolecular Hbond substituents is 1. The molecule has 0 spiro atoms. The van der Waals surface area contributed by atoms with Crippen LogP contribution in [0.15, 0.2) is 17.3 Å². The number of methoxy groups -OCH3 is 1. The SMILES string of the molecule is COc1ccc(C=NO)c(Cl)c1O. The minimum atomic E-state index is -0.165. The van der Waals surface area contributed by atoms with Gasteiger partial charge >= 0.3 is 0 Å². The maximum absolute atomic E-state index is 9.40. The zero-order valence-electron chi connectivity index (χ0n) is 6.86. The summed E-state index contributed by atoms with van der Waals surface area (Å²) in [6.07, 6.45) is 1.13. The Balaban J connectivity index is 3.22. The van der Waals surface area contributed by atoms with Crippen LogP contribution < -0.4 is 4.74 Å². The van der Waals surface area contributed by atoms with Gasteiger partial charge in [0, 0.05) is 5.56 Å². The molecule has 0 saturated carbocycles. The number of phenols is 1. The quantitative estimate of drug-likeness (QED) is 0.436. The second-order valence-electron chi connectivity index (χ2n) is 2.26. The fourth-order valence-corrected chi connectivity index (χ4v) is 1.09. The van der Waals surface area contributed by atoms with Gasteiger partial charge in [-0.1, -0.05) is 16.8 Å². The Morgan fingerprint density at radius 1 is 1.54 bits per heavy atom. The molecule has 70 valence electrons. The van der Waals surface area contributed by atoms with Gasteiger partial charge in [0.1, 0.15) is 0 Å². The van der Waals surface area contributed by atoms with Crippen molar-refractivity contribution < 1.29 is 15.1 Å². The van der Waals surface area contributed by atoms with Crippen LogP contribution in [0.2, 0.25) is 5.02 Å². The molecule has 4 nitrogen and oxygen atoms in total. The highest BCUT2D eigenvalue weighted by Crippen LogP contribution is 2.35. The van der Waals surface area contributed by atoms with E-state index in [0.29, 0.717) is 5.56 Å². The summed E-state index contributed by atoms with van der Waals surface area (Å²) in [5.74, 6) is 0.113. The average Bonchev–Trinajstić information content (AvgIpc) is 2.14. The van der Waals surface area contributed by atoms with Crippen LogP contribution in [0.1, 0.15) is 5.56 Å². The molecule has 0 fully saturated rings. The van der Waals surface area contributed by atoms with E-state index in [1.165, 1.54) is 13.2 Å². The van der Waals surface area contributed by atoms with E-state index in [0.717, 1.165) is 6.21 Å². The number of oxime groups is 1. The van der Waals surface area contributed by atoms with Crippen LogP contribution in [-0.2, 0) is 0 Å². The second kappa shape index (κ2) is 4.00. The van der Waals surface area contributed by atoms with E-state index >= 15 is 0 Å². The molecule has 2 N–H and O–H groups in total. The van der Waals surface area contributed by atoms with Gasteiger partial charge in [-0.15, -0.1) is 0 Å². The van der Waals surface area contributed by atoms with Gasteiger partial charge in [-0.25, -0.2) is 0 Å². The largest absolute Gasteiger partial charge is 0.503 e. The second-order valence-corrected chi connectivity index (χ2v) is 2.64. The molecule has 0 aromatic heterocycles. The van der Waals surface area contributed by atoms with Crippen molar-refractivity contribution in [3.05, 3.63) is 22.7 Å². The fourth-order valence-electron chi connectivity index (χ4n) is 0.889. The molecule has 1 rings (SSSR count). The molecule has 0 bridgehead atoms. The summed E-state index contributed by atoms with van der Waals surface area (Å²) in [6, 6.07) is 3.10. The van der Waals surface area contributed by atoms with Crippen molar-refractivity contribution >= 4 is 17.8 Å². The molecular weight excluding hydrogens is 194 g/mol. The summed E-state index contributed by atoms with van der Waals surface area (Å²) in [6.45, 7) is 0. The number of aromatic hydroxyl groups is 1. The maximum atomic E-state index is 9.40. The number of halogens is 1. The van der Waals surface area contributed by atoms with E-state index in [2.05, 4.69) is 5.16 Å². The molecule has 13 heavy (non-hydrogen) atoms. The van der Waals surface area contributed by atoms with Crippen LogP contribution in [0, 0.1) is 0 Å². The third-order valence-corrected chi connectivity index (χ3v) is 1.92. The van der Waals surface area contributed by atoms with Gasteiger partial charge in [-0.3, -0.25) is 0 Å². The predicted octanol–water partition coefficient (Wildman–Crippen LogP) is 1.86. The first kappa shape index (κ1) is 9.67. The molecule has 0 saturated heterocycles. The highest BCUT2D eigenvalue weighted by atomic mass is 35.5. The lowest BCUT2D eigenvalue weighted by Gasteiger charge is -2.05. The van der Waals surface area contributed by atoms with Crippen LogP contribution in [0.5, 0.6) is 11.5 Å². The molecule has 1 aromatic rings. The highest BCUT2D eigenvalue weighted by Gasteiger charge is 2.09. The number of hydrogen-bond acceptors (Lipinski definition) is 4.